The fraction of sp³-hybridized carbons (Fsp3) is 0.417. The second-order valence-electron chi connectivity index (χ2n) is 3.86. The van der Waals surface area contributed by atoms with Gasteiger partial charge in [-0.1, -0.05) is 0 Å². The number of aliphatic hydroxyl groups is 1. The van der Waals surface area contributed by atoms with Crippen LogP contribution >= 0.6 is 0 Å². The molecule has 4 N–H and O–H groups in total. The molecule has 6 heteroatoms. The van der Waals surface area contributed by atoms with Crippen LogP contribution in [0.5, 0.6) is 11.5 Å². The van der Waals surface area contributed by atoms with Crippen LogP contribution in [0.3, 0.4) is 0 Å². The molecular formula is C12H15N3O3. The van der Waals surface area contributed by atoms with E-state index in [1.807, 2.05) is 6.07 Å². The average molecular weight is 249 g/mol. The molecule has 0 unspecified atom stereocenters. The van der Waals surface area contributed by atoms with E-state index in [1.165, 1.54) is 0 Å². The van der Waals surface area contributed by atoms with Gasteiger partial charge in [0.2, 0.25) is 0 Å². The Morgan fingerprint density at radius 1 is 1.39 bits per heavy atom. The van der Waals surface area contributed by atoms with Crippen molar-refractivity contribution in [1.82, 2.24) is 0 Å². The van der Waals surface area contributed by atoms with E-state index in [1.54, 1.807) is 6.07 Å². The van der Waals surface area contributed by atoms with Crippen LogP contribution in [0.2, 0.25) is 0 Å². The fourth-order valence-electron chi connectivity index (χ4n) is 1.79. The van der Waals surface area contributed by atoms with E-state index < -0.39 is 0 Å². The maximum absolute atomic E-state index is 9.03. The maximum Gasteiger partial charge on any atom is 0.188 e. The summed E-state index contributed by atoms with van der Waals surface area (Å²) in [5, 5.41) is 20.9. The summed E-state index contributed by atoms with van der Waals surface area (Å²) in [5.41, 5.74) is 7.32. The highest BCUT2D eigenvalue weighted by Crippen LogP contribution is 2.44. The van der Waals surface area contributed by atoms with Crippen molar-refractivity contribution in [1.29, 1.82) is 5.26 Å². The number of nitrogens with two attached hydrogens (primary N) is 1. The summed E-state index contributed by atoms with van der Waals surface area (Å²) in [6.07, 6.45) is 0.606. The molecule has 18 heavy (non-hydrogen) atoms. The van der Waals surface area contributed by atoms with Gasteiger partial charge >= 0.3 is 0 Å². The molecule has 0 atom stereocenters. The van der Waals surface area contributed by atoms with E-state index in [0.717, 1.165) is 0 Å². The summed E-state index contributed by atoms with van der Waals surface area (Å²) in [6.45, 7) is 1.52. The Kier molecular flexibility index (Phi) is 3.75. The normalized spacial score (nSPS) is 12.9. The zero-order valence-corrected chi connectivity index (χ0v) is 9.90. The second-order valence-corrected chi connectivity index (χ2v) is 3.86. The predicted octanol–water partition coefficient (Wildman–Crippen LogP) is 0.706. The first-order valence-corrected chi connectivity index (χ1v) is 5.75. The second kappa shape index (κ2) is 5.47. The lowest BCUT2D eigenvalue weighted by Crippen LogP contribution is -2.19. The SMILES string of the molecule is N#Cc1cc(N)c(NCCCO)c2c1OCCO2. The van der Waals surface area contributed by atoms with Gasteiger partial charge in [-0.15, -0.1) is 0 Å². The third kappa shape index (κ3) is 2.26. The van der Waals surface area contributed by atoms with Gasteiger partial charge in [0, 0.05) is 13.2 Å². The molecule has 0 saturated carbocycles. The molecule has 0 saturated heterocycles. The third-order valence-electron chi connectivity index (χ3n) is 2.60. The van der Waals surface area contributed by atoms with Crippen LogP contribution in [-0.4, -0.2) is 31.5 Å². The van der Waals surface area contributed by atoms with E-state index in [0.29, 0.717) is 54.6 Å². The molecule has 0 bridgehead atoms. The number of hydrogen-bond donors (Lipinski definition) is 3. The van der Waals surface area contributed by atoms with E-state index in [2.05, 4.69) is 5.32 Å². The van der Waals surface area contributed by atoms with Gasteiger partial charge in [0.05, 0.1) is 5.69 Å². The van der Waals surface area contributed by atoms with Crippen molar-refractivity contribution in [3.63, 3.8) is 0 Å². The fourth-order valence-corrected chi connectivity index (χ4v) is 1.79. The van der Waals surface area contributed by atoms with Crippen LogP contribution in [0.25, 0.3) is 0 Å². The van der Waals surface area contributed by atoms with Crippen LogP contribution in [-0.2, 0) is 0 Å². The molecule has 1 aliphatic heterocycles. The highest BCUT2D eigenvalue weighted by Gasteiger charge is 2.22. The largest absolute Gasteiger partial charge is 0.485 e. The van der Waals surface area contributed by atoms with Crippen LogP contribution in [0.1, 0.15) is 12.0 Å². The van der Waals surface area contributed by atoms with E-state index in [9.17, 15) is 0 Å². The highest BCUT2D eigenvalue weighted by molar-refractivity contribution is 5.80. The summed E-state index contributed by atoms with van der Waals surface area (Å²) < 4.78 is 11.0. The summed E-state index contributed by atoms with van der Waals surface area (Å²) in [6, 6.07) is 3.60. The van der Waals surface area contributed by atoms with Crippen molar-refractivity contribution in [2.75, 3.05) is 37.4 Å². The maximum atomic E-state index is 9.03. The minimum absolute atomic E-state index is 0.0999. The zero-order chi connectivity index (χ0) is 13.0. The number of ether oxygens (including phenoxy) is 2. The summed E-state index contributed by atoms with van der Waals surface area (Å²) in [7, 11) is 0. The predicted molar refractivity (Wildman–Crippen MR) is 66.8 cm³/mol. The number of fused-ring (bicyclic) bond motifs is 1. The molecule has 0 radical (unpaired) electrons. The Bertz CT molecular complexity index is 482. The minimum Gasteiger partial charge on any atom is -0.485 e. The molecule has 2 rings (SSSR count). The minimum atomic E-state index is 0.0999. The lowest BCUT2D eigenvalue weighted by molar-refractivity contribution is 0.172. The van der Waals surface area contributed by atoms with Crippen LogP contribution < -0.4 is 20.5 Å². The first-order valence-electron chi connectivity index (χ1n) is 5.75. The third-order valence-corrected chi connectivity index (χ3v) is 2.60. The molecule has 0 spiro atoms. The molecule has 6 nitrogen and oxygen atoms in total. The Balaban J connectivity index is 2.36. The van der Waals surface area contributed by atoms with Crippen molar-refractivity contribution >= 4 is 11.4 Å². The van der Waals surface area contributed by atoms with Gasteiger partial charge in [-0.2, -0.15) is 5.26 Å². The number of nitriles is 1. The van der Waals surface area contributed by atoms with Gasteiger partial charge in [0.15, 0.2) is 11.5 Å². The van der Waals surface area contributed by atoms with Gasteiger partial charge in [-0.05, 0) is 12.5 Å². The van der Waals surface area contributed by atoms with Gasteiger partial charge in [0.25, 0.3) is 0 Å². The lowest BCUT2D eigenvalue weighted by atomic mass is 10.1. The van der Waals surface area contributed by atoms with Crippen LogP contribution in [0.15, 0.2) is 6.07 Å². The number of nitrogen functional groups attached to an aromatic ring is 1. The molecule has 1 heterocycles. The summed E-state index contributed by atoms with van der Waals surface area (Å²) in [5.74, 6) is 0.917. The summed E-state index contributed by atoms with van der Waals surface area (Å²) in [4.78, 5) is 0. The molecule has 0 aromatic heterocycles. The standard InChI is InChI=1S/C12H15N3O3/c13-7-8-6-9(14)10(15-2-1-3-16)12-11(8)17-4-5-18-12/h6,15-16H,1-5,14H2. The molecule has 1 aromatic rings. The van der Waals surface area contributed by atoms with Crippen molar-refractivity contribution < 1.29 is 14.6 Å². The number of hydrogen-bond acceptors (Lipinski definition) is 6. The number of benzene rings is 1. The van der Waals surface area contributed by atoms with Crippen LogP contribution in [0.4, 0.5) is 11.4 Å². The zero-order valence-electron chi connectivity index (χ0n) is 9.90. The first-order chi connectivity index (χ1) is 8.77. The molecule has 0 fully saturated rings. The monoisotopic (exact) mass is 249 g/mol. The van der Waals surface area contributed by atoms with E-state index in [-0.39, 0.29) is 6.61 Å². The van der Waals surface area contributed by atoms with Gasteiger partial charge in [-0.25, -0.2) is 0 Å². The average Bonchev–Trinajstić information content (AvgIpc) is 2.41. The molecule has 1 aliphatic rings. The van der Waals surface area contributed by atoms with Gasteiger partial charge in [0.1, 0.15) is 30.5 Å². The quantitative estimate of drug-likeness (QED) is 0.536. The van der Waals surface area contributed by atoms with Crippen molar-refractivity contribution in [3.05, 3.63) is 11.6 Å². The summed E-state index contributed by atoms with van der Waals surface area (Å²) >= 11 is 0. The lowest BCUT2D eigenvalue weighted by Gasteiger charge is -2.23. The number of aliphatic hydroxyl groups excluding tert-OH is 1. The highest BCUT2D eigenvalue weighted by atomic mass is 16.6. The Hall–Kier alpha value is -2.13. The van der Waals surface area contributed by atoms with Crippen molar-refractivity contribution in [2.24, 2.45) is 0 Å². The number of nitrogens with one attached hydrogen (secondary N) is 1. The molecule has 96 valence electrons. The Labute approximate surface area is 105 Å². The topological polar surface area (TPSA) is 101 Å². The van der Waals surface area contributed by atoms with Crippen molar-refractivity contribution in [3.8, 4) is 17.6 Å². The molecule has 0 amide bonds. The Morgan fingerprint density at radius 2 is 2.11 bits per heavy atom. The Morgan fingerprint density at radius 3 is 2.78 bits per heavy atom. The number of nitrogens with zero attached hydrogens (tertiary/aromatic N) is 1. The van der Waals surface area contributed by atoms with Crippen molar-refractivity contribution in [2.45, 2.75) is 6.42 Å². The van der Waals surface area contributed by atoms with E-state index in [4.69, 9.17) is 25.6 Å². The number of rotatable bonds is 4. The van der Waals surface area contributed by atoms with Gasteiger partial charge in [-0.3, -0.25) is 0 Å². The van der Waals surface area contributed by atoms with E-state index >= 15 is 0 Å². The van der Waals surface area contributed by atoms with Crippen LogP contribution in [0, 0.1) is 11.3 Å². The molecule has 0 aliphatic carbocycles. The number of anilines is 2. The molecule has 1 aromatic carbocycles. The molecular weight excluding hydrogens is 234 g/mol. The first kappa shape index (κ1) is 12.3. The van der Waals surface area contributed by atoms with Gasteiger partial charge < -0.3 is 25.6 Å². The smallest absolute Gasteiger partial charge is 0.188 e.